The first-order chi connectivity index (χ1) is 13.6. The third-order valence-electron chi connectivity index (χ3n) is 5.03. The number of pyridine rings is 1. The number of benzene rings is 1. The van der Waals surface area contributed by atoms with Crippen LogP contribution in [0.5, 0.6) is 0 Å². The Balaban J connectivity index is 1.44. The van der Waals surface area contributed by atoms with Crippen molar-refractivity contribution in [1.82, 2.24) is 14.9 Å². The van der Waals surface area contributed by atoms with E-state index >= 15 is 0 Å². The van der Waals surface area contributed by atoms with Crippen LogP contribution >= 0.6 is 11.6 Å². The minimum absolute atomic E-state index is 0.0265. The van der Waals surface area contributed by atoms with Crippen molar-refractivity contribution in [2.24, 2.45) is 0 Å². The third kappa shape index (κ3) is 4.25. The summed E-state index contributed by atoms with van der Waals surface area (Å²) < 4.78 is 6.01. The lowest BCUT2D eigenvalue weighted by Gasteiger charge is -2.31. The highest BCUT2D eigenvalue weighted by Gasteiger charge is 2.29. The summed E-state index contributed by atoms with van der Waals surface area (Å²) in [7, 11) is 0. The normalized spacial score (nSPS) is 16.9. The van der Waals surface area contributed by atoms with Crippen LogP contribution in [0.1, 0.15) is 52.2 Å². The van der Waals surface area contributed by atoms with Crippen molar-refractivity contribution >= 4 is 17.5 Å². The molecule has 1 amide bonds. The molecule has 5 nitrogen and oxygen atoms in total. The Hall–Kier alpha value is -2.66. The minimum atomic E-state index is -0.0265. The summed E-state index contributed by atoms with van der Waals surface area (Å²) in [4.78, 5) is 23.5. The van der Waals surface area contributed by atoms with Crippen molar-refractivity contribution in [2.45, 2.75) is 32.1 Å². The van der Waals surface area contributed by atoms with Gasteiger partial charge in [-0.05, 0) is 49.6 Å². The molecule has 0 unspecified atom stereocenters. The Morgan fingerprint density at radius 1 is 1.25 bits per heavy atom. The van der Waals surface area contributed by atoms with Gasteiger partial charge in [-0.25, -0.2) is 9.97 Å². The van der Waals surface area contributed by atoms with Crippen molar-refractivity contribution in [3.63, 3.8) is 0 Å². The predicted molar refractivity (Wildman–Crippen MR) is 108 cm³/mol. The maximum Gasteiger partial charge on any atom is 0.272 e. The lowest BCUT2D eigenvalue weighted by molar-refractivity contribution is 0.0691. The van der Waals surface area contributed by atoms with E-state index in [0.717, 1.165) is 41.4 Å². The number of halogens is 1. The molecule has 3 aromatic rings. The number of rotatable bonds is 4. The molecule has 0 spiro atoms. The molecule has 0 radical (unpaired) electrons. The zero-order valence-electron chi connectivity index (χ0n) is 15.8. The number of aryl methyl sites for hydroxylation is 1. The second-order valence-corrected chi connectivity index (χ2v) is 7.66. The molecule has 0 N–H and O–H groups in total. The zero-order chi connectivity index (χ0) is 19.5. The summed E-state index contributed by atoms with van der Waals surface area (Å²) in [5.74, 6) is 1.61. The number of hydrogen-bond donors (Lipinski definition) is 0. The zero-order valence-corrected chi connectivity index (χ0v) is 16.5. The van der Waals surface area contributed by atoms with Gasteiger partial charge in [-0.2, -0.15) is 0 Å². The molecule has 1 fully saturated rings. The standard InChI is InChI=1S/C22H22ClN3O2/c1-15-4-2-6-20(25-15)22(27)26-11-3-5-17(14-26)21-24-13-19(28-21)12-16-7-9-18(23)10-8-16/h2,4,6-10,13,17H,3,5,11-12,14H2,1H3/t17-/m1/s1. The lowest BCUT2D eigenvalue weighted by Crippen LogP contribution is -2.39. The van der Waals surface area contributed by atoms with Gasteiger partial charge in [0.1, 0.15) is 11.5 Å². The lowest BCUT2D eigenvalue weighted by atomic mass is 9.97. The molecule has 28 heavy (non-hydrogen) atoms. The van der Waals surface area contributed by atoms with Crippen LogP contribution in [0.15, 0.2) is 53.1 Å². The summed E-state index contributed by atoms with van der Waals surface area (Å²) in [6.45, 7) is 3.24. The van der Waals surface area contributed by atoms with Gasteiger partial charge in [0.05, 0.1) is 12.1 Å². The van der Waals surface area contributed by atoms with Gasteiger partial charge in [0.25, 0.3) is 5.91 Å². The van der Waals surface area contributed by atoms with Gasteiger partial charge in [0, 0.05) is 30.2 Å². The molecule has 1 aromatic carbocycles. The molecule has 0 saturated carbocycles. The Bertz CT molecular complexity index is 968. The van der Waals surface area contributed by atoms with Crippen LogP contribution in [-0.2, 0) is 6.42 Å². The minimum Gasteiger partial charge on any atom is -0.445 e. The molecule has 1 saturated heterocycles. The molecule has 144 valence electrons. The number of carbonyl (C=O) groups is 1. The van der Waals surface area contributed by atoms with Gasteiger partial charge in [-0.15, -0.1) is 0 Å². The average molecular weight is 396 g/mol. The SMILES string of the molecule is Cc1cccc(C(=O)N2CCC[C@@H](c3ncc(Cc4ccc(Cl)cc4)o3)C2)n1. The Kier molecular flexibility index (Phi) is 5.44. The van der Waals surface area contributed by atoms with Gasteiger partial charge in [0.15, 0.2) is 5.89 Å². The van der Waals surface area contributed by atoms with Crippen molar-refractivity contribution in [3.8, 4) is 0 Å². The molecule has 0 aliphatic carbocycles. The number of nitrogens with zero attached hydrogens (tertiary/aromatic N) is 3. The van der Waals surface area contributed by atoms with E-state index in [0.29, 0.717) is 24.6 Å². The van der Waals surface area contributed by atoms with Crippen LogP contribution in [-0.4, -0.2) is 33.9 Å². The van der Waals surface area contributed by atoms with E-state index in [4.69, 9.17) is 16.0 Å². The largest absolute Gasteiger partial charge is 0.445 e. The fraction of sp³-hybridized carbons (Fsp3) is 0.318. The van der Waals surface area contributed by atoms with E-state index in [1.54, 1.807) is 12.3 Å². The van der Waals surface area contributed by atoms with E-state index in [1.807, 2.05) is 48.2 Å². The highest BCUT2D eigenvalue weighted by atomic mass is 35.5. The molecule has 1 aliphatic rings. The number of hydrogen-bond acceptors (Lipinski definition) is 4. The average Bonchev–Trinajstić information content (AvgIpc) is 3.18. The summed E-state index contributed by atoms with van der Waals surface area (Å²) in [5.41, 5.74) is 2.47. The monoisotopic (exact) mass is 395 g/mol. The summed E-state index contributed by atoms with van der Waals surface area (Å²) in [6, 6.07) is 13.3. The smallest absolute Gasteiger partial charge is 0.272 e. The first kappa shape index (κ1) is 18.7. The van der Waals surface area contributed by atoms with Gasteiger partial charge < -0.3 is 9.32 Å². The molecule has 0 bridgehead atoms. The number of carbonyl (C=O) groups excluding carboxylic acids is 1. The highest BCUT2D eigenvalue weighted by Crippen LogP contribution is 2.28. The molecule has 3 heterocycles. The number of likely N-dealkylation sites (tertiary alicyclic amines) is 1. The number of oxazole rings is 1. The fourth-order valence-electron chi connectivity index (χ4n) is 3.58. The molecule has 1 aliphatic heterocycles. The van der Waals surface area contributed by atoms with Crippen molar-refractivity contribution in [3.05, 3.63) is 82.3 Å². The highest BCUT2D eigenvalue weighted by molar-refractivity contribution is 6.30. The molecule has 1 atom stereocenters. The maximum absolute atomic E-state index is 12.8. The van der Waals surface area contributed by atoms with Crippen LogP contribution < -0.4 is 0 Å². The van der Waals surface area contributed by atoms with Crippen molar-refractivity contribution in [1.29, 1.82) is 0 Å². The van der Waals surface area contributed by atoms with Gasteiger partial charge >= 0.3 is 0 Å². The molecular weight excluding hydrogens is 374 g/mol. The Morgan fingerprint density at radius 2 is 2.07 bits per heavy atom. The second kappa shape index (κ2) is 8.15. The van der Waals surface area contributed by atoms with Gasteiger partial charge in [-0.1, -0.05) is 29.8 Å². The first-order valence-corrected chi connectivity index (χ1v) is 9.88. The Morgan fingerprint density at radius 3 is 2.86 bits per heavy atom. The third-order valence-corrected chi connectivity index (χ3v) is 5.28. The quantitative estimate of drug-likeness (QED) is 0.645. The molecule has 2 aromatic heterocycles. The molecular formula is C22H22ClN3O2. The number of aromatic nitrogens is 2. The molecule has 6 heteroatoms. The van der Waals surface area contributed by atoms with Crippen LogP contribution in [0.4, 0.5) is 0 Å². The van der Waals surface area contributed by atoms with Crippen molar-refractivity contribution in [2.75, 3.05) is 13.1 Å². The number of amides is 1. The van der Waals surface area contributed by atoms with Gasteiger partial charge in [0.2, 0.25) is 0 Å². The Labute approximate surface area is 169 Å². The van der Waals surface area contributed by atoms with E-state index in [-0.39, 0.29) is 11.8 Å². The van der Waals surface area contributed by atoms with E-state index < -0.39 is 0 Å². The topological polar surface area (TPSA) is 59.2 Å². The summed E-state index contributed by atoms with van der Waals surface area (Å²) >= 11 is 5.94. The summed E-state index contributed by atoms with van der Waals surface area (Å²) in [6.07, 6.45) is 4.35. The number of piperidine rings is 1. The van der Waals surface area contributed by atoms with Crippen LogP contribution in [0.2, 0.25) is 5.02 Å². The molecule has 4 rings (SSSR count). The summed E-state index contributed by atoms with van der Waals surface area (Å²) in [5, 5.41) is 0.720. The van der Waals surface area contributed by atoms with E-state index in [9.17, 15) is 4.79 Å². The van der Waals surface area contributed by atoms with E-state index in [2.05, 4.69) is 9.97 Å². The van der Waals surface area contributed by atoms with Crippen molar-refractivity contribution < 1.29 is 9.21 Å². The predicted octanol–water partition coefficient (Wildman–Crippen LogP) is 4.64. The van der Waals surface area contributed by atoms with Crippen LogP contribution in [0.25, 0.3) is 0 Å². The maximum atomic E-state index is 12.8. The fourth-order valence-corrected chi connectivity index (χ4v) is 3.71. The first-order valence-electron chi connectivity index (χ1n) is 9.50. The van der Waals surface area contributed by atoms with Gasteiger partial charge in [-0.3, -0.25) is 4.79 Å². The van der Waals surface area contributed by atoms with Crippen LogP contribution in [0, 0.1) is 6.92 Å². The van der Waals surface area contributed by atoms with Crippen LogP contribution in [0.3, 0.4) is 0 Å². The second-order valence-electron chi connectivity index (χ2n) is 7.22. The van der Waals surface area contributed by atoms with E-state index in [1.165, 1.54) is 0 Å².